The first kappa shape index (κ1) is 37.9. The van der Waals surface area contributed by atoms with Crippen LogP contribution in [0.3, 0.4) is 0 Å². The number of esters is 1. The quantitative estimate of drug-likeness (QED) is 0.128. The Bertz CT molecular complexity index is 1720. The number of hydrogen-bond acceptors (Lipinski definition) is 15. The van der Waals surface area contributed by atoms with Crippen LogP contribution in [0.1, 0.15) is 63.9 Å². The van der Waals surface area contributed by atoms with Crippen molar-refractivity contribution in [3.63, 3.8) is 0 Å². The average molecular weight is 778 g/mol. The largest absolute Gasteiger partial charge is 0.485 e. The van der Waals surface area contributed by atoms with Crippen molar-refractivity contribution in [3.05, 3.63) is 36.1 Å². The van der Waals surface area contributed by atoms with Crippen molar-refractivity contribution in [2.24, 2.45) is 17.8 Å². The molecule has 1 aromatic carbocycles. The lowest BCUT2D eigenvalue weighted by atomic mass is 9.46. The molecular weight excluding hydrogens is 727 g/mol. The SMILES string of the molecule is CCOC(=O)CCc1cc2ccoc2c2c1O[C@]13C=C[C@@H](SSC4(CCCC4)CNCCO2)[C@](CO)(O1)[C@]1(O)C[C@H]2CC[C@H](O)[C@H](CO)[C@H]2[C@@]3(O)[C@H]1O. The van der Waals surface area contributed by atoms with Crippen LogP contribution >= 0.6 is 21.6 Å². The van der Waals surface area contributed by atoms with Crippen molar-refractivity contribution in [2.75, 3.05) is 39.5 Å². The molecule has 6 aliphatic rings. The fourth-order valence-corrected chi connectivity index (χ4v) is 14.2. The van der Waals surface area contributed by atoms with Crippen LogP contribution in [0, 0.1) is 17.8 Å². The fraction of sp³-hybridized carbons (Fsp3) is 0.711. The summed E-state index contributed by atoms with van der Waals surface area (Å²) in [5.74, 6) is -4.82. The number of rotatable bonds is 6. The zero-order valence-corrected chi connectivity index (χ0v) is 31.5. The van der Waals surface area contributed by atoms with Crippen LogP contribution in [0.5, 0.6) is 11.5 Å². The second kappa shape index (κ2) is 14.2. The first-order chi connectivity index (χ1) is 25.5. The molecule has 1 aromatic heterocycles. The molecule has 4 fully saturated rings. The number of benzene rings is 1. The van der Waals surface area contributed by atoms with Gasteiger partial charge in [-0.15, -0.1) is 0 Å². The summed E-state index contributed by atoms with van der Waals surface area (Å²) < 4.78 is 31.6. The smallest absolute Gasteiger partial charge is 0.306 e. The summed E-state index contributed by atoms with van der Waals surface area (Å²) in [7, 11) is 3.17. The molecule has 3 saturated carbocycles. The molecule has 1 saturated heterocycles. The average Bonchev–Trinajstić information content (AvgIpc) is 3.82. The van der Waals surface area contributed by atoms with Crippen molar-refractivity contribution in [1.29, 1.82) is 0 Å². The Balaban J connectivity index is 1.36. The van der Waals surface area contributed by atoms with E-state index in [1.807, 2.05) is 0 Å². The number of aliphatic hydroxyl groups is 6. The van der Waals surface area contributed by atoms with E-state index in [4.69, 9.17) is 23.4 Å². The Kier molecular flexibility index (Phi) is 10.1. The highest BCUT2D eigenvalue weighted by atomic mass is 33.1. The molecule has 4 heterocycles. The van der Waals surface area contributed by atoms with E-state index in [2.05, 4.69) is 5.32 Å². The molecule has 8 rings (SSSR count). The van der Waals surface area contributed by atoms with Crippen LogP contribution in [0.2, 0.25) is 0 Å². The predicted octanol–water partition coefficient (Wildman–Crippen LogP) is 2.60. The minimum Gasteiger partial charge on any atom is -0.485 e. The highest BCUT2D eigenvalue weighted by Gasteiger charge is 2.83. The van der Waals surface area contributed by atoms with Gasteiger partial charge in [0.25, 0.3) is 5.79 Å². The van der Waals surface area contributed by atoms with E-state index in [1.165, 1.54) is 17.1 Å². The van der Waals surface area contributed by atoms with Crippen LogP contribution in [0.4, 0.5) is 0 Å². The van der Waals surface area contributed by atoms with Gasteiger partial charge in [0.05, 0.1) is 30.8 Å². The standard InChI is InChI=1S/C38H51NO12S2/c1-2-47-28(43)8-6-22-17-23-10-15-48-30(23)32-31(22)50-37-13-9-27(52-53-34(11-3-4-12-34)20-39-14-16-49-32)36(21-41,51-37)35(45)18-24-5-7-26(42)25(19-40)29(24)38(37,46)33(35)44/h9-10,13,15,17,24-27,29,33,39-42,44-46H,2-8,11-12,14,16,18-21H2,1H3/t24-,25+,26+,27-,29+,33+,35+,36+,37-,38-/m1/s1. The second-order valence-electron chi connectivity index (χ2n) is 15.8. The summed E-state index contributed by atoms with van der Waals surface area (Å²) in [4.78, 5) is 12.7. The maximum atomic E-state index is 13.4. The van der Waals surface area contributed by atoms with Crippen molar-refractivity contribution >= 4 is 38.5 Å². The Morgan fingerprint density at radius 2 is 1.94 bits per heavy atom. The van der Waals surface area contributed by atoms with E-state index >= 15 is 0 Å². The fourth-order valence-electron chi connectivity index (χ4n) is 10.4. The summed E-state index contributed by atoms with van der Waals surface area (Å²) in [6.45, 7) is 2.13. The monoisotopic (exact) mass is 777 g/mol. The van der Waals surface area contributed by atoms with E-state index in [-0.39, 0.29) is 48.7 Å². The number of carbonyl (C=O) groups excluding carboxylic acids is 1. The second-order valence-corrected chi connectivity index (χ2v) is 18.6. The summed E-state index contributed by atoms with van der Waals surface area (Å²) >= 11 is 0. The van der Waals surface area contributed by atoms with Gasteiger partial charge < -0.3 is 59.3 Å². The minimum atomic E-state index is -2.46. The third kappa shape index (κ3) is 5.70. The lowest BCUT2D eigenvalue weighted by Gasteiger charge is -2.72. The molecule has 3 aliphatic heterocycles. The van der Waals surface area contributed by atoms with Gasteiger partial charge in [0.1, 0.15) is 23.9 Å². The van der Waals surface area contributed by atoms with Crippen molar-refractivity contribution in [1.82, 2.24) is 5.32 Å². The Labute approximate surface area is 316 Å². The zero-order chi connectivity index (χ0) is 37.2. The Morgan fingerprint density at radius 1 is 1.13 bits per heavy atom. The predicted molar refractivity (Wildman–Crippen MR) is 196 cm³/mol. The van der Waals surface area contributed by atoms with Crippen LogP contribution in [0.15, 0.2) is 35.0 Å². The Morgan fingerprint density at radius 3 is 2.70 bits per heavy atom. The van der Waals surface area contributed by atoms with Crippen LogP contribution in [-0.2, 0) is 20.7 Å². The van der Waals surface area contributed by atoms with Gasteiger partial charge in [-0.3, -0.25) is 4.79 Å². The Hall–Kier alpha value is -2.05. The maximum Gasteiger partial charge on any atom is 0.306 e. The summed E-state index contributed by atoms with van der Waals surface area (Å²) in [6.07, 6.45) is 6.78. The molecular formula is C38H51NO12S2. The number of ether oxygens (including phenoxy) is 4. The van der Waals surface area contributed by atoms with Gasteiger partial charge in [0.2, 0.25) is 5.75 Å². The van der Waals surface area contributed by atoms with Crippen LogP contribution in [0.25, 0.3) is 11.0 Å². The number of fused-ring (bicyclic) bond motifs is 11. The molecule has 53 heavy (non-hydrogen) atoms. The topological polar surface area (TPSA) is 201 Å². The number of aryl methyl sites for hydroxylation is 1. The minimum absolute atomic E-state index is 0.00697. The van der Waals surface area contributed by atoms with Gasteiger partial charge >= 0.3 is 5.97 Å². The molecule has 10 atom stereocenters. The molecule has 15 heteroatoms. The molecule has 292 valence electrons. The number of furan rings is 1. The van der Waals surface area contributed by atoms with Gasteiger partial charge in [0.15, 0.2) is 16.9 Å². The molecule has 0 amide bonds. The van der Waals surface area contributed by atoms with Crippen molar-refractivity contribution in [2.45, 2.75) is 110 Å². The molecule has 2 aromatic rings. The normalized spacial score (nSPS) is 40.4. The number of nitrogens with one attached hydrogen (secondary N) is 1. The van der Waals surface area contributed by atoms with Gasteiger partial charge in [-0.2, -0.15) is 0 Å². The molecule has 0 radical (unpaired) electrons. The lowest BCUT2D eigenvalue weighted by molar-refractivity contribution is -0.453. The third-order valence-electron chi connectivity index (χ3n) is 13.0. The third-order valence-corrected chi connectivity index (χ3v) is 16.7. The van der Waals surface area contributed by atoms with Gasteiger partial charge in [-0.05, 0) is 75.1 Å². The maximum absolute atomic E-state index is 13.4. The van der Waals surface area contributed by atoms with Gasteiger partial charge in [-0.1, -0.05) is 40.5 Å². The van der Waals surface area contributed by atoms with Gasteiger partial charge in [0, 0.05) is 48.1 Å². The van der Waals surface area contributed by atoms with E-state index in [0.717, 1.165) is 25.7 Å². The van der Waals surface area contributed by atoms with Crippen LogP contribution < -0.4 is 14.8 Å². The summed E-state index contributed by atoms with van der Waals surface area (Å²) in [5.41, 5.74) is -5.64. The van der Waals surface area contributed by atoms with E-state index < -0.39 is 77.0 Å². The molecule has 5 bridgehead atoms. The van der Waals surface area contributed by atoms with Gasteiger partial charge in [-0.25, -0.2) is 0 Å². The lowest BCUT2D eigenvalue weighted by Crippen LogP contribution is -2.90. The zero-order valence-electron chi connectivity index (χ0n) is 29.9. The number of aliphatic hydroxyl groups excluding tert-OH is 4. The number of carbonyl (C=O) groups is 1. The molecule has 3 aliphatic carbocycles. The first-order valence-electron chi connectivity index (χ1n) is 19.0. The van der Waals surface area contributed by atoms with E-state index in [9.17, 15) is 35.4 Å². The highest BCUT2D eigenvalue weighted by Crippen LogP contribution is 2.67. The van der Waals surface area contributed by atoms with E-state index in [0.29, 0.717) is 42.5 Å². The molecule has 2 spiro atoms. The van der Waals surface area contributed by atoms with E-state index in [1.54, 1.807) is 42.0 Å². The first-order valence-corrected chi connectivity index (χ1v) is 21.2. The van der Waals surface area contributed by atoms with Crippen LogP contribution in [-0.4, -0.2) is 121 Å². The molecule has 13 nitrogen and oxygen atoms in total. The van der Waals surface area contributed by atoms with Crippen molar-refractivity contribution < 1.29 is 58.8 Å². The summed E-state index contributed by atoms with van der Waals surface area (Å²) in [6, 6.07) is 3.58. The molecule has 7 N–H and O–H groups in total. The van der Waals surface area contributed by atoms with Crippen molar-refractivity contribution in [3.8, 4) is 11.5 Å². The highest BCUT2D eigenvalue weighted by molar-refractivity contribution is 8.77. The number of hydrogen-bond donors (Lipinski definition) is 7. The summed E-state index contributed by atoms with van der Waals surface area (Å²) in [5, 5.41) is 75.9. The molecule has 0 unspecified atom stereocenters.